The van der Waals surface area contributed by atoms with Gasteiger partial charge in [-0.15, -0.1) is 11.3 Å². The van der Waals surface area contributed by atoms with E-state index in [1.807, 2.05) is 6.92 Å². The van der Waals surface area contributed by atoms with Gasteiger partial charge >= 0.3 is 6.18 Å². The maximum absolute atomic E-state index is 12.4. The van der Waals surface area contributed by atoms with Crippen molar-refractivity contribution in [1.29, 1.82) is 0 Å². The standard InChI is InChI=1S/C10H13F3N2OS/c1-2-3-4-5-14-9(16)7-8(10(11,12)13)15-6-17-7/h6H,2-5H2,1H3,(H,14,16). The molecule has 1 aromatic rings. The normalized spacial score (nSPS) is 11.5. The maximum Gasteiger partial charge on any atom is 0.434 e. The number of carbonyl (C=O) groups excluding carboxylic acids is 1. The molecule has 0 fully saturated rings. The molecule has 96 valence electrons. The summed E-state index contributed by atoms with van der Waals surface area (Å²) >= 11 is 0.705. The van der Waals surface area contributed by atoms with Gasteiger partial charge in [-0.3, -0.25) is 4.79 Å². The van der Waals surface area contributed by atoms with Gasteiger partial charge in [0.1, 0.15) is 4.88 Å². The molecule has 0 aromatic carbocycles. The molecule has 0 unspecified atom stereocenters. The molecule has 0 saturated carbocycles. The summed E-state index contributed by atoms with van der Waals surface area (Å²) in [5, 5.41) is 2.46. The van der Waals surface area contributed by atoms with Gasteiger partial charge in [0, 0.05) is 6.54 Å². The third kappa shape index (κ3) is 3.99. The Morgan fingerprint density at radius 2 is 2.18 bits per heavy atom. The van der Waals surface area contributed by atoms with Crippen molar-refractivity contribution in [3.8, 4) is 0 Å². The molecule has 0 aliphatic rings. The predicted octanol–water partition coefficient (Wildman–Crippen LogP) is 3.08. The fraction of sp³-hybridized carbons (Fsp3) is 0.600. The number of nitrogens with zero attached hydrogens (tertiary/aromatic N) is 1. The topological polar surface area (TPSA) is 42.0 Å². The summed E-state index contributed by atoms with van der Waals surface area (Å²) in [5.74, 6) is -0.698. The summed E-state index contributed by atoms with van der Waals surface area (Å²) in [4.78, 5) is 14.3. The number of carbonyl (C=O) groups is 1. The van der Waals surface area contributed by atoms with E-state index in [4.69, 9.17) is 0 Å². The SMILES string of the molecule is CCCCCNC(=O)c1scnc1C(F)(F)F. The molecule has 1 amide bonds. The molecule has 17 heavy (non-hydrogen) atoms. The van der Waals surface area contributed by atoms with Crippen molar-refractivity contribution in [3.63, 3.8) is 0 Å². The van der Waals surface area contributed by atoms with Crippen molar-refractivity contribution in [2.45, 2.75) is 32.4 Å². The highest BCUT2D eigenvalue weighted by Crippen LogP contribution is 2.32. The van der Waals surface area contributed by atoms with Crippen LogP contribution in [-0.4, -0.2) is 17.4 Å². The maximum atomic E-state index is 12.4. The van der Waals surface area contributed by atoms with Gasteiger partial charge in [0.15, 0.2) is 5.69 Å². The minimum absolute atomic E-state index is 0.367. The number of thiazole rings is 1. The van der Waals surface area contributed by atoms with Crippen LogP contribution in [0, 0.1) is 0 Å². The van der Waals surface area contributed by atoms with Crippen LogP contribution in [-0.2, 0) is 6.18 Å². The first kappa shape index (κ1) is 14.0. The third-order valence-corrected chi connectivity index (χ3v) is 2.93. The van der Waals surface area contributed by atoms with Crippen molar-refractivity contribution in [2.24, 2.45) is 0 Å². The van der Waals surface area contributed by atoms with Crippen LogP contribution in [0.4, 0.5) is 13.2 Å². The number of halogens is 3. The van der Waals surface area contributed by atoms with E-state index in [1.54, 1.807) is 0 Å². The Bertz CT molecular complexity index is 376. The number of rotatable bonds is 5. The predicted molar refractivity (Wildman–Crippen MR) is 59.0 cm³/mol. The molecule has 0 bridgehead atoms. The van der Waals surface area contributed by atoms with E-state index in [0.717, 1.165) is 24.8 Å². The number of amides is 1. The fourth-order valence-electron chi connectivity index (χ4n) is 1.27. The number of alkyl halides is 3. The third-order valence-electron chi connectivity index (χ3n) is 2.11. The highest BCUT2D eigenvalue weighted by molar-refractivity contribution is 7.11. The molecule has 0 aliphatic heterocycles. The molecule has 0 radical (unpaired) electrons. The Morgan fingerprint density at radius 3 is 2.76 bits per heavy atom. The van der Waals surface area contributed by atoms with Crippen molar-refractivity contribution in [3.05, 3.63) is 16.1 Å². The van der Waals surface area contributed by atoms with Crippen molar-refractivity contribution in [1.82, 2.24) is 10.3 Å². The number of unbranched alkanes of at least 4 members (excludes halogenated alkanes) is 2. The number of nitrogens with one attached hydrogen (secondary N) is 1. The van der Waals surface area contributed by atoms with E-state index in [0.29, 0.717) is 17.9 Å². The van der Waals surface area contributed by atoms with Gasteiger partial charge in [0.2, 0.25) is 0 Å². The van der Waals surface area contributed by atoms with Gasteiger partial charge in [0.25, 0.3) is 5.91 Å². The van der Waals surface area contributed by atoms with E-state index < -0.39 is 17.8 Å². The highest BCUT2D eigenvalue weighted by atomic mass is 32.1. The minimum Gasteiger partial charge on any atom is -0.351 e. The van der Waals surface area contributed by atoms with Crippen LogP contribution in [0.3, 0.4) is 0 Å². The lowest BCUT2D eigenvalue weighted by atomic mass is 10.2. The van der Waals surface area contributed by atoms with Crippen LogP contribution in [0.25, 0.3) is 0 Å². The molecule has 1 N–H and O–H groups in total. The summed E-state index contributed by atoms with van der Waals surface area (Å²) in [7, 11) is 0. The summed E-state index contributed by atoms with van der Waals surface area (Å²) in [6.07, 6.45) is -1.88. The molecule has 1 rings (SSSR count). The molecule has 0 aliphatic carbocycles. The van der Waals surface area contributed by atoms with Crippen molar-refractivity contribution < 1.29 is 18.0 Å². The summed E-state index contributed by atoms with van der Waals surface area (Å²) in [5.41, 5.74) is -0.0699. The summed E-state index contributed by atoms with van der Waals surface area (Å²) in [6.45, 7) is 2.40. The second-order valence-electron chi connectivity index (χ2n) is 3.49. The zero-order chi connectivity index (χ0) is 12.9. The first-order valence-corrected chi connectivity index (χ1v) is 6.13. The fourth-order valence-corrected chi connectivity index (χ4v) is 1.99. The van der Waals surface area contributed by atoms with Crippen LogP contribution in [0.5, 0.6) is 0 Å². The van der Waals surface area contributed by atoms with Gasteiger partial charge < -0.3 is 5.32 Å². The molecular formula is C10H13F3N2OS. The van der Waals surface area contributed by atoms with Crippen molar-refractivity contribution in [2.75, 3.05) is 6.54 Å². The lowest BCUT2D eigenvalue weighted by Crippen LogP contribution is -2.26. The summed E-state index contributed by atoms with van der Waals surface area (Å²) < 4.78 is 37.3. The Kier molecular flexibility index (Phi) is 4.92. The van der Waals surface area contributed by atoms with Gasteiger partial charge in [-0.25, -0.2) is 4.98 Å². The lowest BCUT2D eigenvalue weighted by molar-refractivity contribution is -0.141. The Balaban J connectivity index is 2.61. The Morgan fingerprint density at radius 1 is 1.47 bits per heavy atom. The second-order valence-corrected chi connectivity index (χ2v) is 4.35. The molecule has 7 heteroatoms. The van der Waals surface area contributed by atoms with Crippen LogP contribution in [0.2, 0.25) is 0 Å². The average Bonchev–Trinajstić information content (AvgIpc) is 2.72. The number of hydrogen-bond donors (Lipinski definition) is 1. The largest absolute Gasteiger partial charge is 0.434 e. The molecule has 0 atom stereocenters. The minimum atomic E-state index is -4.57. The zero-order valence-electron chi connectivity index (χ0n) is 9.30. The molecule has 1 aromatic heterocycles. The van der Waals surface area contributed by atoms with E-state index in [1.165, 1.54) is 0 Å². The van der Waals surface area contributed by atoms with E-state index in [9.17, 15) is 18.0 Å². The lowest BCUT2D eigenvalue weighted by Gasteiger charge is -2.07. The number of hydrogen-bond acceptors (Lipinski definition) is 3. The van der Waals surface area contributed by atoms with Gasteiger partial charge in [-0.2, -0.15) is 13.2 Å². The molecule has 0 saturated heterocycles. The van der Waals surface area contributed by atoms with Crippen LogP contribution >= 0.6 is 11.3 Å². The quantitative estimate of drug-likeness (QED) is 0.832. The van der Waals surface area contributed by atoms with Gasteiger partial charge in [-0.1, -0.05) is 19.8 Å². The van der Waals surface area contributed by atoms with Crippen LogP contribution in [0.1, 0.15) is 41.6 Å². The molecule has 0 spiro atoms. The Labute approximate surface area is 101 Å². The van der Waals surface area contributed by atoms with Crippen LogP contribution < -0.4 is 5.32 Å². The first-order valence-electron chi connectivity index (χ1n) is 5.25. The monoisotopic (exact) mass is 266 g/mol. The van der Waals surface area contributed by atoms with E-state index in [-0.39, 0.29) is 4.88 Å². The molecular weight excluding hydrogens is 253 g/mol. The van der Waals surface area contributed by atoms with Crippen molar-refractivity contribution >= 4 is 17.2 Å². The smallest absolute Gasteiger partial charge is 0.351 e. The van der Waals surface area contributed by atoms with E-state index in [2.05, 4.69) is 10.3 Å². The highest BCUT2D eigenvalue weighted by Gasteiger charge is 2.38. The second kappa shape index (κ2) is 6.00. The van der Waals surface area contributed by atoms with Crippen LogP contribution in [0.15, 0.2) is 5.51 Å². The van der Waals surface area contributed by atoms with E-state index >= 15 is 0 Å². The average molecular weight is 266 g/mol. The first-order chi connectivity index (χ1) is 7.96. The summed E-state index contributed by atoms with van der Waals surface area (Å²) in [6, 6.07) is 0. The molecule has 3 nitrogen and oxygen atoms in total. The molecule has 1 heterocycles. The van der Waals surface area contributed by atoms with Gasteiger partial charge in [-0.05, 0) is 6.42 Å². The zero-order valence-corrected chi connectivity index (χ0v) is 10.1. The Hall–Kier alpha value is -1.11. The number of aromatic nitrogens is 1. The van der Waals surface area contributed by atoms with Gasteiger partial charge in [0.05, 0.1) is 5.51 Å².